The highest BCUT2D eigenvalue weighted by Crippen LogP contribution is 2.38. The van der Waals surface area contributed by atoms with Crippen LogP contribution in [0.2, 0.25) is 0 Å². The first-order chi connectivity index (χ1) is 23.5. The number of ether oxygens (including phenoxy) is 4. The molecule has 48 heavy (non-hydrogen) atoms. The van der Waals surface area contributed by atoms with E-state index in [-0.39, 0.29) is 5.60 Å². The first kappa shape index (κ1) is 31.0. The highest BCUT2D eigenvalue weighted by Gasteiger charge is 2.46. The Morgan fingerprint density at radius 2 is 1.96 bits per heavy atom. The lowest BCUT2D eigenvalue weighted by Gasteiger charge is -2.57. The summed E-state index contributed by atoms with van der Waals surface area (Å²) in [5.41, 5.74) is 4.22. The van der Waals surface area contributed by atoms with Gasteiger partial charge >= 0.3 is 0 Å². The molecular weight excluding hydrogens is 608 g/mol. The predicted octanol–water partition coefficient (Wildman–Crippen LogP) is 3.99. The maximum Gasteiger partial charge on any atom is 0.212 e. The molecule has 250 valence electrons. The Kier molecular flexibility index (Phi) is 8.38. The van der Waals surface area contributed by atoms with Crippen molar-refractivity contribution >= 4 is 11.3 Å². The van der Waals surface area contributed by atoms with Gasteiger partial charge in [0.25, 0.3) is 0 Å². The zero-order valence-corrected chi connectivity index (χ0v) is 27.6. The number of piperazine rings is 1. The fraction of sp³-hybridized carbons (Fsp3) is 0.500. The molecule has 3 atom stereocenters. The number of nitrogens with zero attached hydrogens (tertiary/aromatic N) is 8. The van der Waals surface area contributed by atoms with Crippen molar-refractivity contribution in [3.05, 3.63) is 66.2 Å². The molecule has 5 aliphatic heterocycles. The summed E-state index contributed by atoms with van der Waals surface area (Å²) in [6, 6.07) is 13.4. The number of hydrogen-bond donors (Lipinski definition) is 0. The largest absolute Gasteiger partial charge is 0.492 e. The first-order valence-corrected chi connectivity index (χ1v) is 17.0. The van der Waals surface area contributed by atoms with E-state index in [2.05, 4.69) is 56.0 Å². The molecule has 0 N–H and O–H groups in total. The van der Waals surface area contributed by atoms with E-state index in [1.165, 1.54) is 12.0 Å². The van der Waals surface area contributed by atoms with Crippen molar-refractivity contribution < 1.29 is 18.9 Å². The molecular formula is C36H42N8O4. The van der Waals surface area contributed by atoms with E-state index in [1.807, 2.05) is 30.7 Å². The highest BCUT2D eigenvalue weighted by atomic mass is 16.6. The van der Waals surface area contributed by atoms with Gasteiger partial charge in [-0.25, -0.2) is 14.5 Å². The van der Waals surface area contributed by atoms with Gasteiger partial charge in [-0.1, -0.05) is 19.4 Å². The third kappa shape index (κ3) is 5.96. The van der Waals surface area contributed by atoms with Crippen molar-refractivity contribution in [1.82, 2.24) is 29.4 Å². The Morgan fingerprint density at radius 3 is 2.62 bits per heavy atom. The summed E-state index contributed by atoms with van der Waals surface area (Å²) in [4.78, 5) is 16.7. The molecule has 5 saturated heterocycles. The lowest BCUT2D eigenvalue weighted by molar-refractivity contribution is -0.177. The van der Waals surface area contributed by atoms with Crippen LogP contribution in [0.4, 0.5) is 5.82 Å². The molecule has 4 aromatic rings. The molecule has 4 aromatic heterocycles. The van der Waals surface area contributed by atoms with Crippen LogP contribution < -0.4 is 14.4 Å². The second-order valence-electron chi connectivity index (χ2n) is 13.7. The molecule has 5 aliphatic rings. The van der Waals surface area contributed by atoms with Crippen molar-refractivity contribution in [3.8, 4) is 28.8 Å². The summed E-state index contributed by atoms with van der Waals surface area (Å²) in [6.45, 7) is 9.72. The fourth-order valence-electron chi connectivity index (χ4n) is 7.74. The highest BCUT2D eigenvalue weighted by molar-refractivity contribution is 5.85. The van der Waals surface area contributed by atoms with Crippen LogP contribution in [0.3, 0.4) is 0 Å². The molecule has 12 heteroatoms. The van der Waals surface area contributed by atoms with Gasteiger partial charge in [-0.15, -0.1) is 0 Å². The van der Waals surface area contributed by atoms with Gasteiger partial charge < -0.3 is 23.8 Å². The summed E-state index contributed by atoms with van der Waals surface area (Å²) in [6.07, 6.45) is 10.5. The average molecular weight is 651 g/mol. The monoisotopic (exact) mass is 650 g/mol. The molecule has 0 aliphatic carbocycles. The van der Waals surface area contributed by atoms with E-state index in [4.69, 9.17) is 23.9 Å². The molecule has 1 spiro atoms. The minimum atomic E-state index is -0.0778. The third-order valence-corrected chi connectivity index (χ3v) is 10.4. The van der Waals surface area contributed by atoms with E-state index < -0.39 is 0 Å². The van der Waals surface area contributed by atoms with Crippen LogP contribution in [0, 0.1) is 17.2 Å². The molecule has 9 heterocycles. The number of hydrogen-bond acceptors (Lipinski definition) is 11. The number of anilines is 1. The molecule has 2 bridgehead atoms. The van der Waals surface area contributed by atoms with E-state index in [1.54, 1.807) is 17.8 Å². The topological polar surface area (TPSA) is 114 Å². The zero-order chi connectivity index (χ0) is 32.7. The van der Waals surface area contributed by atoms with Crippen molar-refractivity contribution in [1.29, 1.82) is 5.26 Å². The normalized spacial score (nSPS) is 22.3. The maximum absolute atomic E-state index is 9.86. The van der Waals surface area contributed by atoms with Gasteiger partial charge in [0.2, 0.25) is 5.88 Å². The molecule has 0 amide bonds. The second kappa shape index (κ2) is 13.0. The Hall–Kier alpha value is -4.28. The molecule has 0 aromatic carbocycles. The summed E-state index contributed by atoms with van der Waals surface area (Å²) in [5, 5.41) is 14.3. The maximum atomic E-state index is 9.86. The first-order valence-electron chi connectivity index (χ1n) is 17.0. The van der Waals surface area contributed by atoms with E-state index in [9.17, 15) is 5.26 Å². The minimum Gasteiger partial charge on any atom is -0.492 e. The van der Waals surface area contributed by atoms with Gasteiger partial charge in [0, 0.05) is 74.4 Å². The van der Waals surface area contributed by atoms with Crippen molar-refractivity contribution in [2.45, 2.75) is 50.4 Å². The second-order valence-corrected chi connectivity index (χ2v) is 13.7. The average Bonchev–Trinajstić information content (AvgIpc) is 3.73. The SMILES string of the molecule is CCC(CCOc1cc(-c2ccc(N3C4CC3CN(Cc3ccc(OC)nc3)C4)nc2)c2c(C#N)cnn2c1)CN1COC2(COC2)C1. The summed E-state index contributed by atoms with van der Waals surface area (Å²) in [7, 11) is 1.64. The number of piperidine rings is 1. The van der Waals surface area contributed by atoms with Crippen LogP contribution in [0.15, 0.2) is 55.1 Å². The molecule has 5 fully saturated rings. The van der Waals surface area contributed by atoms with Crippen molar-refractivity contribution in [3.63, 3.8) is 0 Å². The molecule has 9 rings (SSSR count). The van der Waals surface area contributed by atoms with E-state index in [0.29, 0.717) is 56.0 Å². The fourth-order valence-corrected chi connectivity index (χ4v) is 7.74. The van der Waals surface area contributed by atoms with Crippen LogP contribution >= 0.6 is 0 Å². The quantitative estimate of drug-likeness (QED) is 0.222. The molecule has 3 unspecified atom stereocenters. The molecule has 0 radical (unpaired) electrons. The van der Waals surface area contributed by atoms with Crippen LogP contribution in [0.25, 0.3) is 16.6 Å². The van der Waals surface area contributed by atoms with Gasteiger partial charge in [-0.3, -0.25) is 9.80 Å². The third-order valence-electron chi connectivity index (χ3n) is 10.4. The Balaban J connectivity index is 0.926. The van der Waals surface area contributed by atoms with Gasteiger partial charge in [0.05, 0.1) is 50.4 Å². The number of rotatable bonds is 12. The lowest BCUT2D eigenvalue weighted by atomic mass is 9.87. The summed E-state index contributed by atoms with van der Waals surface area (Å²) >= 11 is 0. The number of aromatic nitrogens is 4. The predicted molar refractivity (Wildman–Crippen MR) is 179 cm³/mol. The molecule has 12 nitrogen and oxygen atoms in total. The number of pyridine rings is 3. The number of methoxy groups -OCH3 is 1. The van der Waals surface area contributed by atoms with Crippen molar-refractivity contribution in [2.75, 3.05) is 64.7 Å². The standard InChI is InChI=1S/C36H42N8O4/c1-3-25(16-42-21-36(48-24-42)22-46-23-36)8-9-47-31-11-32(35-28(12-37)15-40-43(35)20-31)27-5-6-33(38-14-27)44-29-10-30(44)19-41(18-29)17-26-4-7-34(45-2)39-13-26/h4-7,11,13-15,20,25,29-30H,3,8-10,16-19,21-24H2,1-2H3. The number of fused-ring (bicyclic) bond motifs is 3. The minimum absolute atomic E-state index is 0.0778. The Morgan fingerprint density at radius 1 is 1.08 bits per heavy atom. The number of nitriles is 1. The smallest absolute Gasteiger partial charge is 0.212 e. The van der Waals surface area contributed by atoms with E-state index in [0.717, 1.165) is 73.8 Å². The van der Waals surface area contributed by atoms with Gasteiger partial charge in [0.1, 0.15) is 30.0 Å². The molecule has 0 saturated carbocycles. The zero-order valence-electron chi connectivity index (χ0n) is 27.6. The van der Waals surface area contributed by atoms with E-state index >= 15 is 0 Å². The van der Waals surface area contributed by atoms with Gasteiger partial charge in [-0.2, -0.15) is 10.4 Å². The van der Waals surface area contributed by atoms with Crippen LogP contribution in [-0.2, 0) is 16.0 Å². The lowest BCUT2D eigenvalue weighted by Crippen LogP contribution is -2.69. The Labute approximate surface area is 280 Å². The van der Waals surface area contributed by atoms with Crippen LogP contribution in [0.5, 0.6) is 11.6 Å². The van der Waals surface area contributed by atoms with Gasteiger partial charge in [-0.05, 0) is 42.5 Å². The summed E-state index contributed by atoms with van der Waals surface area (Å²) in [5.74, 6) is 2.87. The summed E-state index contributed by atoms with van der Waals surface area (Å²) < 4.78 is 24.7. The van der Waals surface area contributed by atoms with Crippen molar-refractivity contribution in [2.24, 2.45) is 5.92 Å². The van der Waals surface area contributed by atoms with Gasteiger partial charge in [0.15, 0.2) is 0 Å². The Bertz CT molecular complexity index is 1770. The van der Waals surface area contributed by atoms with Crippen LogP contribution in [0.1, 0.15) is 37.3 Å². The van der Waals surface area contributed by atoms with Crippen LogP contribution in [-0.4, -0.2) is 107 Å².